The zero-order chi connectivity index (χ0) is 25.4. The molecule has 11 heteroatoms. The van der Waals surface area contributed by atoms with E-state index in [1.54, 1.807) is 38.6 Å². The van der Waals surface area contributed by atoms with Gasteiger partial charge in [-0.05, 0) is 49.4 Å². The van der Waals surface area contributed by atoms with Crippen LogP contribution in [0.4, 0.5) is 5.00 Å². The zero-order valence-electron chi connectivity index (χ0n) is 20.0. The number of thiophene rings is 1. The molecule has 0 aliphatic heterocycles. The van der Waals surface area contributed by atoms with Gasteiger partial charge in [0.1, 0.15) is 21.8 Å². The summed E-state index contributed by atoms with van der Waals surface area (Å²) in [4.78, 5) is 45.2. The number of aryl methyl sites for hydroxylation is 1. The minimum absolute atomic E-state index is 0.0163. The number of nitrogens with zero attached hydrogens (tertiary/aromatic N) is 3. The highest BCUT2D eigenvalue weighted by molar-refractivity contribution is 7.17. The van der Waals surface area contributed by atoms with E-state index in [2.05, 4.69) is 15.6 Å². The Kier molecular flexibility index (Phi) is 6.42. The normalized spacial score (nSPS) is 13.1. The maximum absolute atomic E-state index is 13.5. The first-order valence-corrected chi connectivity index (χ1v) is 12.5. The molecule has 1 aliphatic carbocycles. The summed E-state index contributed by atoms with van der Waals surface area (Å²) in [5.74, 6) is -0.812. The number of nitrogens with one attached hydrogen (secondary N) is 3. The van der Waals surface area contributed by atoms with Gasteiger partial charge >= 0.3 is 0 Å². The lowest BCUT2D eigenvalue weighted by atomic mass is 9.95. The van der Waals surface area contributed by atoms with Gasteiger partial charge < -0.3 is 19.9 Å². The standard InChI is InChI=1S/C25H26N6O4S/c1-27-23(33)19-14-7-3-4-8-17(14)36-24(19)29-22(32)15-13-16-21(31(20(15)26)11-12-35-2)28-18-9-5-6-10-30(18)25(16)34/h5-6,9-10,13,26H,3-4,7-8,11-12H2,1-2H3,(H,27,33)(H,29,32). The number of ether oxygens (including phenoxy) is 1. The number of amides is 2. The minimum Gasteiger partial charge on any atom is -0.383 e. The van der Waals surface area contributed by atoms with Crippen LogP contribution in [0.25, 0.3) is 16.7 Å². The third-order valence-corrected chi connectivity index (χ3v) is 7.64. The molecular weight excluding hydrogens is 480 g/mol. The lowest BCUT2D eigenvalue weighted by molar-refractivity contribution is 0.0963. The van der Waals surface area contributed by atoms with Crippen LogP contribution in [0.5, 0.6) is 0 Å². The quantitative estimate of drug-likeness (QED) is 0.346. The molecule has 5 rings (SSSR count). The molecule has 10 nitrogen and oxygen atoms in total. The second-order valence-electron chi connectivity index (χ2n) is 8.58. The van der Waals surface area contributed by atoms with Gasteiger partial charge in [0.2, 0.25) is 0 Å². The van der Waals surface area contributed by atoms with Gasteiger partial charge in [0, 0.05) is 31.8 Å². The number of methoxy groups -OCH3 is 1. The predicted octanol–water partition coefficient (Wildman–Crippen LogP) is 2.33. The molecule has 36 heavy (non-hydrogen) atoms. The molecule has 0 spiro atoms. The molecule has 0 fully saturated rings. The van der Waals surface area contributed by atoms with Crippen LogP contribution in [0.1, 0.15) is 44.0 Å². The molecule has 4 aromatic rings. The van der Waals surface area contributed by atoms with Crippen LogP contribution in [0.15, 0.2) is 35.3 Å². The van der Waals surface area contributed by atoms with Crippen molar-refractivity contribution in [1.29, 1.82) is 5.41 Å². The number of anilines is 1. The van der Waals surface area contributed by atoms with Crippen molar-refractivity contribution >= 4 is 44.8 Å². The van der Waals surface area contributed by atoms with Gasteiger partial charge in [-0.15, -0.1) is 11.3 Å². The maximum atomic E-state index is 13.5. The fourth-order valence-corrected chi connectivity index (χ4v) is 5.93. The van der Waals surface area contributed by atoms with E-state index in [1.165, 1.54) is 26.4 Å². The lowest BCUT2D eigenvalue weighted by Crippen LogP contribution is -2.33. The van der Waals surface area contributed by atoms with E-state index < -0.39 is 5.91 Å². The summed E-state index contributed by atoms with van der Waals surface area (Å²) in [5.41, 5.74) is 1.80. The summed E-state index contributed by atoms with van der Waals surface area (Å²) in [5, 5.41) is 15.0. The highest BCUT2D eigenvalue weighted by Gasteiger charge is 2.27. The number of carbonyl (C=O) groups is 2. The van der Waals surface area contributed by atoms with Crippen LogP contribution in [0, 0.1) is 5.41 Å². The molecule has 0 saturated carbocycles. The van der Waals surface area contributed by atoms with Crippen LogP contribution in [-0.4, -0.2) is 46.5 Å². The molecular formula is C25H26N6O4S. The van der Waals surface area contributed by atoms with Crippen molar-refractivity contribution in [1.82, 2.24) is 19.3 Å². The molecule has 1 aliphatic rings. The number of fused-ring (bicyclic) bond motifs is 3. The Bertz CT molecular complexity index is 1630. The summed E-state index contributed by atoms with van der Waals surface area (Å²) in [6.45, 7) is 0.504. The van der Waals surface area contributed by atoms with Crippen LogP contribution in [0.3, 0.4) is 0 Å². The first-order valence-electron chi connectivity index (χ1n) is 11.7. The van der Waals surface area contributed by atoms with Crippen molar-refractivity contribution in [3.05, 3.63) is 67.9 Å². The Balaban J connectivity index is 1.66. The molecule has 0 saturated heterocycles. The highest BCUT2D eigenvalue weighted by Crippen LogP contribution is 2.38. The summed E-state index contributed by atoms with van der Waals surface area (Å²) in [6.07, 6.45) is 5.31. The van der Waals surface area contributed by atoms with E-state index in [0.717, 1.165) is 36.1 Å². The topological polar surface area (TPSA) is 131 Å². The monoisotopic (exact) mass is 506 g/mol. The van der Waals surface area contributed by atoms with Crippen molar-refractivity contribution < 1.29 is 14.3 Å². The van der Waals surface area contributed by atoms with E-state index >= 15 is 0 Å². The number of hydrogen-bond donors (Lipinski definition) is 3. The van der Waals surface area contributed by atoms with Crippen molar-refractivity contribution in [3.63, 3.8) is 0 Å². The predicted molar refractivity (Wildman–Crippen MR) is 137 cm³/mol. The summed E-state index contributed by atoms with van der Waals surface area (Å²) in [7, 11) is 3.11. The summed E-state index contributed by atoms with van der Waals surface area (Å²) >= 11 is 1.40. The van der Waals surface area contributed by atoms with Crippen LogP contribution in [0.2, 0.25) is 0 Å². The first kappa shape index (κ1) is 23.9. The van der Waals surface area contributed by atoms with Gasteiger partial charge in [-0.3, -0.25) is 24.2 Å². The second-order valence-corrected chi connectivity index (χ2v) is 9.69. The molecule has 0 unspecified atom stereocenters. The average Bonchev–Trinajstić information content (AvgIpc) is 3.25. The molecule has 4 aromatic heterocycles. The molecule has 3 N–H and O–H groups in total. The largest absolute Gasteiger partial charge is 0.383 e. The molecule has 186 valence electrons. The van der Waals surface area contributed by atoms with Crippen molar-refractivity contribution in [3.8, 4) is 0 Å². The van der Waals surface area contributed by atoms with E-state index in [-0.39, 0.29) is 41.1 Å². The average molecular weight is 507 g/mol. The van der Waals surface area contributed by atoms with Crippen LogP contribution in [-0.2, 0) is 24.1 Å². The summed E-state index contributed by atoms with van der Waals surface area (Å²) in [6, 6.07) is 6.64. The molecule has 4 heterocycles. The van der Waals surface area contributed by atoms with Gasteiger partial charge in [-0.2, -0.15) is 0 Å². The van der Waals surface area contributed by atoms with Gasteiger partial charge in [-0.1, -0.05) is 6.07 Å². The second kappa shape index (κ2) is 9.67. The molecule has 2 amide bonds. The van der Waals surface area contributed by atoms with Crippen molar-refractivity contribution in [2.24, 2.45) is 0 Å². The SMILES string of the molecule is CNC(=O)c1c(NC(=O)c2cc3c(=O)n4ccccc4nc3n(CCOC)c2=N)sc2c1CCCC2. The van der Waals surface area contributed by atoms with Crippen molar-refractivity contribution in [2.45, 2.75) is 32.2 Å². The van der Waals surface area contributed by atoms with E-state index in [9.17, 15) is 14.4 Å². The van der Waals surface area contributed by atoms with Gasteiger partial charge in [0.15, 0.2) is 0 Å². The Labute approximate surface area is 210 Å². The smallest absolute Gasteiger partial charge is 0.267 e. The number of carbonyl (C=O) groups excluding carboxylic acids is 2. The molecule has 0 aromatic carbocycles. The molecule has 0 radical (unpaired) electrons. The number of hydrogen-bond acceptors (Lipinski definition) is 7. The van der Waals surface area contributed by atoms with Crippen LogP contribution >= 0.6 is 11.3 Å². The first-order chi connectivity index (χ1) is 17.4. The van der Waals surface area contributed by atoms with E-state index in [4.69, 9.17) is 10.1 Å². The maximum Gasteiger partial charge on any atom is 0.267 e. The fourth-order valence-electron chi connectivity index (χ4n) is 4.65. The van der Waals surface area contributed by atoms with E-state index in [0.29, 0.717) is 21.9 Å². The zero-order valence-corrected chi connectivity index (χ0v) is 20.8. The number of rotatable bonds is 6. The lowest BCUT2D eigenvalue weighted by Gasteiger charge is -2.15. The highest BCUT2D eigenvalue weighted by atomic mass is 32.1. The Morgan fingerprint density at radius 1 is 1.22 bits per heavy atom. The third kappa shape index (κ3) is 3.99. The Morgan fingerprint density at radius 3 is 2.81 bits per heavy atom. The fraction of sp³-hybridized carbons (Fsp3) is 0.320. The minimum atomic E-state index is -0.561. The Morgan fingerprint density at radius 2 is 2.03 bits per heavy atom. The van der Waals surface area contributed by atoms with Gasteiger partial charge in [0.25, 0.3) is 17.4 Å². The van der Waals surface area contributed by atoms with Crippen LogP contribution < -0.4 is 21.7 Å². The van der Waals surface area contributed by atoms with Crippen molar-refractivity contribution in [2.75, 3.05) is 26.1 Å². The molecule has 0 bridgehead atoms. The Hall–Kier alpha value is -3.83. The third-order valence-electron chi connectivity index (χ3n) is 6.43. The van der Waals surface area contributed by atoms with Gasteiger partial charge in [-0.25, -0.2) is 4.98 Å². The van der Waals surface area contributed by atoms with E-state index in [1.807, 2.05) is 0 Å². The van der Waals surface area contributed by atoms with Gasteiger partial charge in [0.05, 0.1) is 23.1 Å². The molecule has 0 atom stereocenters. The number of pyridine rings is 2. The summed E-state index contributed by atoms with van der Waals surface area (Å²) < 4.78 is 8.13. The number of aromatic nitrogens is 3.